The number of rotatable bonds is 7. The number of esters is 1. The summed E-state index contributed by atoms with van der Waals surface area (Å²) in [6.45, 7) is 2.50. The lowest BCUT2D eigenvalue weighted by molar-refractivity contribution is -0.150. The van der Waals surface area contributed by atoms with Crippen molar-refractivity contribution >= 4 is 33.9 Å². The van der Waals surface area contributed by atoms with Crippen LogP contribution in [0.2, 0.25) is 0 Å². The van der Waals surface area contributed by atoms with Crippen molar-refractivity contribution in [1.29, 1.82) is 0 Å². The maximum absolute atomic E-state index is 11.9. The van der Waals surface area contributed by atoms with Gasteiger partial charge in [-0.25, -0.2) is 9.59 Å². The molecule has 0 aliphatic carbocycles. The number of piperidine rings is 1. The monoisotopic (exact) mass is 442 g/mol. The van der Waals surface area contributed by atoms with Gasteiger partial charge in [0.2, 0.25) is 0 Å². The van der Waals surface area contributed by atoms with Crippen LogP contribution in [0.3, 0.4) is 0 Å². The van der Waals surface area contributed by atoms with Gasteiger partial charge in [-0.3, -0.25) is 4.79 Å². The third-order valence-corrected chi connectivity index (χ3v) is 4.40. The fraction of sp³-hybridized carbons (Fsp3) is 0.500. The molecule has 148 valence electrons. The van der Waals surface area contributed by atoms with Crippen LogP contribution in [0.5, 0.6) is 5.75 Å². The average molecular weight is 443 g/mol. The van der Waals surface area contributed by atoms with E-state index in [1.165, 1.54) is 0 Å². The minimum atomic E-state index is -0.623. The summed E-state index contributed by atoms with van der Waals surface area (Å²) in [5.74, 6) is -0.471. The van der Waals surface area contributed by atoms with Crippen molar-refractivity contribution < 1.29 is 28.6 Å². The number of nitrogens with zero attached hydrogens (tertiary/aromatic N) is 1. The molecule has 1 heterocycles. The van der Waals surface area contributed by atoms with Crippen LogP contribution in [0.15, 0.2) is 28.7 Å². The molecule has 1 aromatic carbocycles. The van der Waals surface area contributed by atoms with Crippen LogP contribution in [0, 0.1) is 0 Å². The Hall–Kier alpha value is -2.29. The molecule has 8 nitrogen and oxygen atoms in total. The van der Waals surface area contributed by atoms with Crippen molar-refractivity contribution in [2.75, 3.05) is 32.9 Å². The quantitative estimate of drug-likeness (QED) is 0.649. The zero-order chi connectivity index (χ0) is 19.6. The number of likely N-dealkylation sites (tertiary alicyclic amines) is 1. The topological polar surface area (TPSA) is 94.2 Å². The van der Waals surface area contributed by atoms with Crippen LogP contribution in [-0.2, 0) is 19.1 Å². The lowest BCUT2D eigenvalue weighted by Crippen LogP contribution is -2.47. The second-order valence-corrected chi connectivity index (χ2v) is 6.85. The Balaban J connectivity index is 1.62. The largest absolute Gasteiger partial charge is 0.482 e. The number of hydrogen-bond acceptors (Lipinski definition) is 6. The number of halogens is 1. The third kappa shape index (κ3) is 7.46. The Morgan fingerprint density at radius 3 is 2.59 bits per heavy atom. The SMILES string of the molecule is CCOC(=O)N1CCC(NC(=O)COC(=O)COc2cccc(Br)c2)CC1. The van der Waals surface area contributed by atoms with Crippen molar-refractivity contribution in [3.8, 4) is 5.75 Å². The van der Waals surface area contributed by atoms with E-state index in [0.717, 1.165) is 4.47 Å². The molecule has 1 aliphatic rings. The highest BCUT2D eigenvalue weighted by Gasteiger charge is 2.24. The molecule has 2 amide bonds. The van der Waals surface area contributed by atoms with E-state index in [9.17, 15) is 14.4 Å². The molecular weight excluding hydrogens is 420 g/mol. The molecular formula is C18H23BrN2O6. The Kier molecular flexibility index (Phi) is 8.38. The van der Waals surface area contributed by atoms with Crippen LogP contribution in [0.4, 0.5) is 4.79 Å². The summed E-state index contributed by atoms with van der Waals surface area (Å²) in [6, 6.07) is 7.01. The fourth-order valence-electron chi connectivity index (χ4n) is 2.58. The number of hydrogen-bond donors (Lipinski definition) is 1. The van der Waals surface area contributed by atoms with Gasteiger partial charge in [-0.2, -0.15) is 0 Å². The highest BCUT2D eigenvalue weighted by Crippen LogP contribution is 2.17. The smallest absolute Gasteiger partial charge is 0.409 e. The molecule has 0 unspecified atom stereocenters. The van der Waals surface area contributed by atoms with E-state index < -0.39 is 5.97 Å². The number of nitrogens with one attached hydrogen (secondary N) is 1. The molecule has 1 aliphatic heterocycles. The summed E-state index contributed by atoms with van der Waals surface area (Å²) < 4.78 is 16.0. The number of ether oxygens (including phenoxy) is 3. The van der Waals surface area contributed by atoms with Crippen LogP contribution >= 0.6 is 15.9 Å². The molecule has 2 rings (SSSR count). The lowest BCUT2D eigenvalue weighted by Gasteiger charge is -2.31. The van der Waals surface area contributed by atoms with Gasteiger partial charge in [-0.05, 0) is 38.0 Å². The molecule has 9 heteroatoms. The zero-order valence-corrected chi connectivity index (χ0v) is 16.7. The Morgan fingerprint density at radius 1 is 1.19 bits per heavy atom. The summed E-state index contributed by atoms with van der Waals surface area (Å²) in [5.41, 5.74) is 0. The third-order valence-electron chi connectivity index (χ3n) is 3.90. The average Bonchev–Trinajstić information content (AvgIpc) is 2.65. The molecule has 1 fully saturated rings. The summed E-state index contributed by atoms with van der Waals surface area (Å²) in [7, 11) is 0. The second-order valence-electron chi connectivity index (χ2n) is 5.93. The highest BCUT2D eigenvalue weighted by molar-refractivity contribution is 9.10. The first-order valence-corrected chi connectivity index (χ1v) is 9.52. The molecule has 0 radical (unpaired) electrons. The first-order chi connectivity index (χ1) is 13.0. The standard InChI is InChI=1S/C18H23BrN2O6/c1-2-25-18(24)21-8-6-14(7-9-21)20-16(22)11-27-17(23)12-26-15-5-3-4-13(19)10-15/h3-5,10,14H,2,6-9,11-12H2,1H3,(H,20,22). The van der Waals surface area contributed by atoms with Crippen LogP contribution in [0.1, 0.15) is 19.8 Å². The number of benzene rings is 1. The van der Waals surface area contributed by atoms with Gasteiger partial charge in [0.25, 0.3) is 5.91 Å². The van der Waals surface area contributed by atoms with Gasteiger partial charge in [0.1, 0.15) is 5.75 Å². The second kappa shape index (κ2) is 10.8. The van der Waals surface area contributed by atoms with E-state index in [1.54, 1.807) is 30.0 Å². The first kappa shape index (κ1) is 21.0. The molecule has 27 heavy (non-hydrogen) atoms. The van der Waals surface area contributed by atoms with E-state index in [0.29, 0.717) is 38.3 Å². The molecule has 0 aromatic heterocycles. The van der Waals surface area contributed by atoms with E-state index in [2.05, 4.69) is 21.2 Å². The molecule has 0 spiro atoms. The highest BCUT2D eigenvalue weighted by atomic mass is 79.9. The normalized spacial score (nSPS) is 14.4. The van der Waals surface area contributed by atoms with Crippen LogP contribution < -0.4 is 10.1 Å². The van der Waals surface area contributed by atoms with Crippen molar-refractivity contribution in [2.24, 2.45) is 0 Å². The van der Waals surface area contributed by atoms with Crippen molar-refractivity contribution in [2.45, 2.75) is 25.8 Å². The van der Waals surface area contributed by atoms with Gasteiger partial charge < -0.3 is 24.4 Å². The molecule has 0 saturated carbocycles. The minimum Gasteiger partial charge on any atom is -0.482 e. The van der Waals surface area contributed by atoms with Crippen LogP contribution in [0.25, 0.3) is 0 Å². The number of amides is 2. The predicted octanol–water partition coefficient (Wildman–Crippen LogP) is 2.11. The van der Waals surface area contributed by atoms with Gasteiger partial charge in [-0.15, -0.1) is 0 Å². The van der Waals surface area contributed by atoms with E-state index in [-0.39, 0.29) is 31.3 Å². The first-order valence-electron chi connectivity index (χ1n) is 8.73. The maximum Gasteiger partial charge on any atom is 0.409 e. The summed E-state index contributed by atoms with van der Waals surface area (Å²) >= 11 is 3.31. The van der Waals surface area contributed by atoms with Gasteiger partial charge in [-0.1, -0.05) is 22.0 Å². The van der Waals surface area contributed by atoms with Gasteiger partial charge in [0, 0.05) is 23.6 Å². The van der Waals surface area contributed by atoms with Crippen molar-refractivity contribution in [3.05, 3.63) is 28.7 Å². The summed E-state index contributed by atoms with van der Waals surface area (Å²) in [5, 5.41) is 2.81. The Bertz CT molecular complexity index is 661. The maximum atomic E-state index is 11.9. The minimum absolute atomic E-state index is 0.0557. The summed E-state index contributed by atoms with van der Waals surface area (Å²) in [4.78, 5) is 36.8. The molecule has 0 atom stereocenters. The van der Waals surface area contributed by atoms with Crippen LogP contribution in [-0.4, -0.2) is 61.8 Å². The molecule has 1 N–H and O–H groups in total. The Labute approximate surface area is 166 Å². The number of carbonyl (C=O) groups excluding carboxylic acids is 3. The molecule has 1 aromatic rings. The Morgan fingerprint density at radius 2 is 1.93 bits per heavy atom. The summed E-state index contributed by atoms with van der Waals surface area (Å²) in [6.07, 6.45) is 0.927. The van der Waals surface area contributed by atoms with E-state index in [1.807, 2.05) is 6.07 Å². The van der Waals surface area contributed by atoms with E-state index in [4.69, 9.17) is 14.2 Å². The zero-order valence-electron chi connectivity index (χ0n) is 15.1. The van der Waals surface area contributed by atoms with Crippen molar-refractivity contribution in [3.63, 3.8) is 0 Å². The predicted molar refractivity (Wildman–Crippen MR) is 100 cm³/mol. The van der Waals surface area contributed by atoms with Gasteiger partial charge >= 0.3 is 12.1 Å². The number of carbonyl (C=O) groups is 3. The van der Waals surface area contributed by atoms with Gasteiger partial charge in [0.05, 0.1) is 6.61 Å². The van der Waals surface area contributed by atoms with Gasteiger partial charge in [0.15, 0.2) is 13.2 Å². The van der Waals surface area contributed by atoms with Crippen molar-refractivity contribution in [1.82, 2.24) is 10.2 Å². The molecule has 0 bridgehead atoms. The molecule has 1 saturated heterocycles. The lowest BCUT2D eigenvalue weighted by atomic mass is 10.1. The van der Waals surface area contributed by atoms with E-state index >= 15 is 0 Å². The fourth-order valence-corrected chi connectivity index (χ4v) is 2.96.